The highest BCUT2D eigenvalue weighted by Crippen LogP contribution is 2.33. The molecule has 3 rings (SSSR count). The molecule has 0 aliphatic rings. The minimum Gasteiger partial charge on any atom is -0.493 e. The second-order valence-corrected chi connectivity index (χ2v) is 9.03. The number of hydrogen-bond acceptors (Lipinski definition) is 7. The fraction of sp³-hybridized carbons (Fsp3) is 0.286. The van der Waals surface area contributed by atoms with Gasteiger partial charge in [-0.25, -0.2) is 8.78 Å². The van der Waals surface area contributed by atoms with E-state index in [1.54, 1.807) is 38.1 Å². The van der Waals surface area contributed by atoms with Crippen LogP contribution in [-0.4, -0.2) is 35.0 Å². The van der Waals surface area contributed by atoms with Crippen molar-refractivity contribution in [2.24, 2.45) is 5.92 Å². The van der Waals surface area contributed by atoms with Crippen molar-refractivity contribution in [3.8, 4) is 11.5 Å². The van der Waals surface area contributed by atoms with Gasteiger partial charge in [-0.1, -0.05) is 43.4 Å². The van der Waals surface area contributed by atoms with Crippen LogP contribution in [0.2, 0.25) is 0 Å². The van der Waals surface area contributed by atoms with Gasteiger partial charge in [-0.3, -0.25) is 14.6 Å². The van der Waals surface area contributed by atoms with E-state index in [-0.39, 0.29) is 23.6 Å². The van der Waals surface area contributed by atoms with Gasteiger partial charge < -0.3 is 14.2 Å². The zero-order valence-corrected chi connectivity index (χ0v) is 21.7. The number of pyridine rings is 1. The van der Waals surface area contributed by atoms with E-state index in [1.165, 1.54) is 50.6 Å². The number of halogens is 2. The van der Waals surface area contributed by atoms with Gasteiger partial charge in [-0.05, 0) is 48.7 Å². The normalized spacial score (nSPS) is 12.5. The number of ether oxygens (including phenoxy) is 3. The van der Waals surface area contributed by atoms with Crippen LogP contribution in [0.15, 0.2) is 60.8 Å². The second-order valence-electron chi connectivity index (χ2n) is 8.54. The average Bonchev–Trinajstić information content (AvgIpc) is 2.86. The summed E-state index contributed by atoms with van der Waals surface area (Å²) in [4.78, 5) is 29.1. The first-order valence-corrected chi connectivity index (χ1v) is 12.0. The molecule has 0 spiro atoms. The lowest BCUT2D eigenvalue weighted by Crippen LogP contribution is -2.28. The first kappa shape index (κ1) is 27.9. The highest BCUT2D eigenvalue weighted by atomic mass is 32.1. The van der Waals surface area contributed by atoms with Crippen LogP contribution >= 0.6 is 12.2 Å². The molecule has 0 N–H and O–H groups in total. The third-order valence-electron chi connectivity index (χ3n) is 5.72. The predicted octanol–water partition coefficient (Wildman–Crippen LogP) is 5.80. The Balaban J connectivity index is 1.78. The van der Waals surface area contributed by atoms with Crippen LogP contribution in [0.1, 0.15) is 49.9 Å². The lowest BCUT2D eigenvalue weighted by atomic mass is 9.87. The maximum Gasteiger partial charge on any atom is 0.309 e. The summed E-state index contributed by atoms with van der Waals surface area (Å²) in [7, 11) is 1.43. The maximum absolute atomic E-state index is 13.5. The Hall–Kier alpha value is -3.72. The Morgan fingerprint density at radius 2 is 1.49 bits per heavy atom. The van der Waals surface area contributed by atoms with Crippen molar-refractivity contribution in [2.45, 2.75) is 39.2 Å². The topological polar surface area (TPSA) is 74.7 Å². The Morgan fingerprint density at radius 1 is 0.946 bits per heavy atom. The first-order valence-electron chi connectivity index (χ1n) is 11.6. The number of benzene rings is 2. The van der Waals surface area contributed by atoms with Crippen LogP contribution in [0.3, 0.4) is 0 Å². The second kappa shape index (κ2) is 12.5. The van der Waals surface area contributed by atoms with Gasteiger partial charge in [0.1, 0.15) is 23.4 Å². The van der Waals surface area contributed by atoms with Gasteiger partial charge in [0.15, 0.2) is 11.5 Å². The first-order chi connectivity index (χ1) is 17.6. The van der Waals surface area contributed by atoms with Crippen molar-refractivity contribution < 1.29 is 32.6 Å². The SMILES string of the molecule is COc1ccnc(C(=S)C[C@H](C)C(=O)O[C@@H](C)C(c2ccc(F)cc2)c2ccc(F)cc2)c1OC(C)=O. The molecule has 1 aromatic heterocycles. The molecule has 2 atom stereocenters. The molecule has 2 aromatic carbocycles. The molecule has 1 heterocycles. The van der Waals surface area contributed by atoms with Crippen molar-refractivity contribution in [1.29, 1.82) is 0 Å². The summed E-state index contributed by atoms with van der Waals surface area (Å²) in [6, 6.07) is 13.3. The van der Waals surface area contributed by atoms with Crippen LogP contribution in [0, 0.1) is 17.6 Å². The fourth-order valence-electron chi connectivity index (χ4n) is 3.93. The summed E-state index contributed by atoms with van der Waals surface area (Å²) in [5, 5.41) is 0. The Labute approximate surface area is 219 Å². The van der Waals surface area contributed by atoms with Crippen molar-refractivity contribution in [3.05, 3.63) is 89.2 Å². The van der Waals surface area contributed by atoms with Gasteiger partial charge in [-0.2, -0.15) is 0 Å². The molecule has 0 bridgehead atoms. The fourth-order valence-corrected chi connectivity index (χ4v) is 4.33. The van der Waals surface area contributed by atoms with Crippen molar-refractivity contribution >= 4 is 29.0 Å². The molecule has 37 heavy (non-hydrogen) atoms. The van der Waals surface area contributed by atoms with E-state index in [2.05, 4.69) is 4.98 Å². The third kappa shape index (κ3) is 7.16. The van der Waals surface area contributed by atoms with Crippen LogP contribution in [0.25, 0.3) is 0 Å². The number of aromatic nitrogens is 1. The zero-order valence-electron chi connectivity index (χ0n) is 20.9. The van der Waals surface area contributed by atoms with Crippen molar-refractivity contribution in [2.75, 3.05) is 7.11 Å². The van der Waals surface area contributed by atoms with Gasteiger partial charge in [-0.15, -0.1) is 0 Å². The van der Waals surface area contributed by atoms with E-state index < -0.39 is 41.5 Å². The summed E-state index contributed by atoms with van der Waals surface area (Å²) < 4.78 is 43.4. The molecule has 0 amide bonds. The third-order valence-corrected chi connectivity index (χ3v) is 6.08. The van der Waals surface area contributed by atoms with Crippen molar-refractivity contribution in [3.63, 3.8) is 0 Å². The maximum atomic E-state index is 13.5. The predicted molar refractivity (Wildman–Crippen MR) is 138 cm³/mol. The molecule has 0 saturated carbocycles. The van der Waals surface area contributed by atoms with Gasteiger partial charge in [0.2, 0.25) is 0 Å². The van der Waals surface area contributed by atoms with E-state index in [0.717, 1.165) is 0 Å². The number of hydrogen-bond donors (Lipinski definition) is 0. The molecule has 0 aliphatic heterocycles. The molecule has 0 unspecified atom stereocenters. The average molecular weight is 528 g/mol. The molecular formula is C28H27F2NO5S. The largest absolute Gasteiger partial charge is 0.493 e. The van der Waals surface area contributed by atoms with E-state index >= 15 is 0 Å². The van der Waals surface area contributed by atoms with Gasteiger partial charge >= 0.3 is 11.9 Å². The van der Waals surface area contributed by atoms with E-state index in [4.69, 9.17) is 26.4 Å². The summed E-state index contributed by atoms with van der Waals surface area (Å²) in [6.07, 6.45) is 0.910. The minimum absolute atomic E-state index is 0.0871. The molecule has 0 aliphatic carbocycles. The van der Waals surface area contributed by atoms with Crippen LogP contribution in [0.5, 0.6) is 11.5 Å². The standard InChI is InChI=1S/C28H27F2NO5S/c1-16(15-24(37)26-27(36-18(3)32)23(34-4)13-14-31-26)28(33)35-17(2)25(19-5-9-21(29)10-6-19)20-7-11-22(30)12-8-20/h5-14,16-17,25H,15H2,1-4H3/t16-,17-/m0/s1. The number of methoxy groups -OCH3 is 1. The smallest absolute Gasteiger partial charge is 0.309 e. The molecule has 9 heteroatoms. The number of esters is 2. The van der Waals surface area contributed by atoms with Gasteiger partial charge in [0.05, 0.1) is 13.0 Å². The molecule has 6 nitrogen and oxygen atoms in total. The Kier molecular flexibility index (Phi) is 9.41. The van der Waals surface area contributed by atoms with Crippen molar-refractivity contribution in [1.82, 2.24) is 4.98 Å². The van der Waals surface area contributed by atoms with E-state index in [0.29, 0.717) is 16.0 Å². The Morgan fingerprint density at radius 3 is 1.97 bits per heavy atom. The minimum atomic E-state index is -0.661. The lowest BCUT2D eigenvalue weighted by molar-refractivity contribution is -0.153. The van der Waals surface area contributed by atoms with Crippen LogP contribution < -0.4 is 9.47 Å². The monoisotopic (exact) mass is 527 g/mol. The van der Waals surface area contributed by atoms with Gasteiger partial charge in [0.25, 0.3) is 0 Å². The molecule has 0 radical (unpaired) electrons. The number of rotatable bonds is 10. The summed E-state index contributed by atoms with van der Waals surface area (Å²) in [6.45, 7) is 4.64. The number of nitrogens with zero attached hydrogens (tertiary/aromatic N) is 1. The van der Waals surface area contributed by atoms with Crippen LogP contribution in [0.4, 0.5) is 8.78 Å². The van der Waals surface area contributed by atoms with Crippen LogP contribution in [-0.2, 0) is 14.3 Å². The lowest BCUT2D eigenvalue weighted by Gasteiger charge is -2.26. The quantitative estimate of drug-likeness (QED) is 0.187. The van der Waals surface area contributed by atoms with Gasteiger partial charge in [0, 0.05) is 30.0 Å². The number of carbonyl (C=O) groups is 2. The Bertz CT molecular complexity index is 1220. The molecule has 194 valence electrons. The van der Waals surface area contributed by atoms with E-state index in [9.17, 15) is 18.4 Å². The number of carbonyl (C=O) groups excluding carboxylic acids is 2. The zero-order chi connectivity index (χ0) is 27.1. The number of thiocarbonyl (C=S) groups is 1. The molecule has 3 aromatic rings. The summed E-state index contributed by atoms with van der Waals surface area (Å²) >= 11 is 5.52. The summed E-state index contributed by atoms with van der Waals surface area (Å²) in [5.41, 5.74) is 1.65. The molecule has 0 saturated heterocycles. The summed E-state index contributed by atoms with van der Waals surface area (Å²) in [5.74, 6) is -2.61. The highest BCUT2D eigenvalue weighted by Gasteiger charge is 2.28. The highest BCUT2D eigenvalue weighted by molar-refractivity contribution is 7.80. The molecule has 0 fully saturated rings. The van der Waals surface area contributed by atoms with E-state index in [1.807, 2.05) is 0 Å². The molecular weight excluding hydrogens is 500 g/mol.